The molecule has 0 fully saturated rings. The standard InChI is InChI=1S/C15H14FNO2/c1-19-14-8-7-13(16)9-12(14)10-17-15(18)11-5-3-2-4-6-11/h2-9H,10H2,1H3,(H,17,18). The normalized spacial score (nSPS) is 10.0. The Morgan fingerprint density at radius 3 is 2.63 bits per heavy atom. The van der Waals surface area contributed by atoms with Crippen LogP contribution in [-0.2, 0) is 6.54 Å². The number of hydrogen-bond donors (Lipinski definition) is 1. The summed E-state index contributed by atoms with van der Waals surface area (Å²) in [6.07, 6.45) is 0. The van der Waals surface area contributed by atoms with Gasteiger partial charge in [0.25, 0.3) is 5.91 Å². The molecule has 2 rings (SSSR count). The molecule has 0 saturated heterocycles. The first-order valence-electron chi connectivity index (χ1n) is 5.86. The van der Waals surface area contributed by atoms with E-state index in [9.17, 15) is 9.18 Å². The van der Waals surface area contributed by atoms with Crippen molar-refractivity contribution in [2.75, 3.05) is 7.11 Å². The van der Waals surface area contributed by atoms with E-state index in [-0.39, 0.29) is 18.3 Å². The predicted octanol–water partition coefficient (Wildman–Crippen LogP) is 2.76. The molecule has 2 aromatic carbocycles. The lowest BCUT2D eigenvalue weighted by molar-refractivity contribution is 0.0950. The van der Waals surface area contributed by atoms with Gasteiger partial charge in [0.15, 0.2) is 0 Å². The molecule has 0 unspecified atom stereocenters. The largest absolute Gasteiger partial charge is 0.496 e. The van der Waals surface area contributed by atoms with Crippen molar-refractivity contribution in [3.8, 4) is 5.75 Å². The molecule has 0 aromatic heterocycles. The third kappa shape index (κ3) is 3.31. The molecule has 0 aliphatic carbocycles. The zero-order valence-electron chi connectivity index (χ0n) is 10.5. The molecule has 0 heterocycles. The summed E-state index contributed by atoms with van der Waals surface area (Å²) in [6.45, 7) is 0.217. The average molecular weight is 259 g/mol. The van der Waals surface area contributed by atoms with Crippen molar-refractivity contribution in [2.24, 2.45) is 0 Å². The molecule has 3 nitrogen and oxygen atoms in total. The van der Waals surface area contributed by atoms with Crippen LogP contribution in [0.25, 0.3) is 0 Å². The Bertz CT molecular complexity index is 570. The van der Waals surface area contributed by atoms with Gasteiger partial charge in [-0.3, -0.25) is 4.79 Å². The first-order valence-corrected chi connectivity index (χ1v) is 5.86. The minimum Gasteiger partial charge on any atom is -0.496 e. The van der Waals surface area contributed by atoms with Crippen molar-refractivity contribution in [1.82, 2.24) is 5.32 Å². The molecule has 1 N–H and O–H groups in total. The Balaban J connectivity index is 2.07. The van der Waals surface area contributed by atoms with Gasteiger partial charge in [0.1, 0.15) is 11.6 Å². The predicted molar refractivity (Wildman–Crippen MR) is 70.6 cm³/mol. The Morgan fingerprint density at radius 1 is 1.21 bits per heavy atom. The van der Waals surface area contributed by atoms with Gasteiger partial charge in [0.05, 0.1) is 7.11 Å². The minimum atomic E-state index is -0.357. The van der Waals surface area contributed by atoms with Crippen LogP contribution in [-0.4, -0.2) is 13.0 Å². The Morgan fingerprint density at radius 2 is 1.95 bits per heavy atom. The Kier molecular flexibility index (Phi) is 4.13. The van der Waals surface area contributed by atoms with Crippen molar-refractivity contribution >= 4 is 5.91 Å². The monoisotopic (exact) mass is 259 g/mol. The van der Waals surface area contributed by atoms with Gasteiger partial charge in [-0.1, -0.05) is 18.2 Å². The number of hydrogen-bond acceptors (Lipinski definition) is 2. The first-order chi connectivity index (χ1) is 9.20. The summed E-state index contributed by atoms with van der Waals surface area (Å²) in [5, 5.41) is 2.73. The topological polar surface area (TPSA) is 38.3 Å². The van der Waals surface area contributed by atoms with Gasteiger partial charge >= 0.3 is 0 Å². The second-order valence-electron chi connectivity index (χ2n) is 4.00. The first kappa shape index (κ1) is 13.1. The molecule has 0 bridgehead atoms. The number of ether oxygens (including phenoxy) is 1. The maximum absolute atomic E-state index is 13.2. The molecule has 2 aromatic rings. The van der Waals surface area contributed by atoms with Gasteiger partial charge in [0, 0.05) is 17.7 Å². The van der Waals surface area contributed by atoms with Gasteiger partial charge in [-0.25, -0.2) is 4.39 Å². The van der Waals surface area contributed by atoms with Crippen LogP contribution >= 0.6 is 0 Å². The highest BCUT2D eigenvalue weighted by molar-refractivity contribution is 5.94. The van der Waals surface area contributed by atoms with Crippen LogP contribution < -0.4 is 10.1 Å². The molecule has 0 aliphatic rings. The van der Waals surface area contributed by atoms with Crippen LogP contribution in [0.5, 0.6) is 5.75 Å². The maximum Gasteiger partial charge on any atom is 0.251 e. The quantitative estimate of drug-likeness (QED) is 0.916. The molecule has 0 aliphatic heterocycles. The van der Waals surface area contributed by atoms with E-state index in [1.54, 1.807) is 30.3 Å². The molecule has 1 amide bonds. The van der Waals surface area contributed by atoms with E-state index in [2.05, 4.69) is 5.32 Å². The van der Waals surface area contributed by atoms with Crippen molar-refractivity contribution in [3.05, 3.63) is 65.5 Å². The number of amides is 1. The summed E-state index contributed by atoms with van der Waals surface area (Å²) in [5.41, 5.74) is 1.17. The second kappa shape index (κ2) is 6.00. The highest BCUT2D eigenvalue weighted by Gasteiger charge is 2.08. The van der Waals surface area contributed by atoms with E-state index in [0.717, 1.165) is 0 Å². The number of carbonyl (C=O) groups is 1. The number of nitrogens with one attached hydrogen (secondary N) is 1. The summed E-state index contributed by atoms with van der Waals surface area (Å²) in [7, 11) is 1.51. The summed E-state index contributed by atoms with van der Waals surface area (Å²) in [6, 6.07) is 13.1. The summed E-state index contributed by atoms with van der Waals surface area (Å²) in [5.74, 6) is -0.00793. The van der Waals surface area contributed by atoms with Crippen molar-refractivity contribution < 1.29 is 13.9 Å². The molecule has 0 radical (unpaired) electrons. The molecule has 4 heteroatoms. The number of methoxy groups -OCH3 is 1. The lowest BCUT2D eigenvalue weighted by atomic mass is 10.1. The molecule has 0 saturated carbocycles. The lowest BCUT2D eigenvalue weighted by Gasteiger charge is -2.10. The summed E-state index contributed by atoms with van der Waals surface area (Å²) in [4.78, 5) is 11.9. The van der Waals surface area contributed by atoms with Crippen molar-refractivity contribution in [3.63, 3.8) is 0 Å². The highest BCUT2D eigenvalue weighted by atomic mass is 19.1. The van der Waals surface area contributed by atoms with Crippen molar-refractivity contribution in [2.45, 2.75) is 6.54 Å². The van der Waals surface area contributed by atoms with Crippen LogP contribution in [0.3, 0.4) is 0 Å². The lowest BCUT2D eigenvalue weighted by Crippen LogP contribution is -2.23. The zero-order chi connectivity index (χ0) is 13.7. The molecule has 98 valence electrons. The Hall–Kier alpha value is -2.36. The van der Waals surface area contributed by atoms with E-state index in [1.165, 1.54) is 19.2 Å². The summed E-state index contributed by atoms with van der Waals surface area (Å²) >= 11 is 0. The van der Waals surface area contributed by atoms with Crippen LogP contribution in [0, 0.1) is 5.82 Å². The van der Waals surface area contributed by atoms with Gasteiger partial charge in [-0.15, -0.1) is 0 Å². The van der Waals surface area contributed by atoms with Gasteiger partial charge in [-0.05, 0) is 30.3 Å². The van der Waals surface area contributed by atoms with E-state index < -0.39 is 0 Å². The van der Waals surface area contributed by atoms with E-state index in [0.29, 0.717) is 16.9 Å². The fourth-order valence-corrected chi connectivity index (χ4v) is 1.75. The van der Waals surface area contributed by atoms with E-state index in [1.807, 2.05) is 6.07 Å². The smallest absolute Gasteiger partial charge is 0.251 e. The number of carbonyl (C=O) groups excluding carboxylic acids is 1. The van der Waals surface area contributed by atoms with Crippen molar-refractivity contribution in [1.29, 1.82) is 0 Å². The van der Waals surface area contributed by atoms with Crippen LogP contribution in [0.2, 0.25) is 0 Å². The molecular weight excluding hydrogens is 245 g/mol. The summed E-state index contributed by atoms with van der Waals surface area (Å²) < 4.78 is 18.3. The second-order valence-corrected chi connectivity index (χ2v) is 4.00. The molecule has 0 spiro atoms. The number of benzene rings is 2. The fraction of sp³-hybridized carbons (Fsp3) is 0.133. The van der Waals surface area contributed by atoms with Gasteiger partial charge in [-0.2, -0.15) is 0 Å². The number of rotatable bonds is 4. The van der Waals surface area contributed by atoms with Crippen LogP contribution in [0.4, 0.5) is 4.39 Å². The van der Waals surface area contributed by atoms with E-state index in [4.69, 9.17) is 4.74 Å². The fourth-order valence-electron chi connectivity index (χ4n) is 1.75. The maximum atomic E-state index is 13.2. The third-order valence-corrected chi connectivity index (χ3v) is 2.72. The zero-order valence-corrected chi connectivity index (χ0v) is 10.5. The van der Waals surface area contributed by atoms with Crippen LogP contribution in [0.1, 0.15) is 15.9 Å². The molecular formula is C15H14FNO2. The van der Waals surface area contributed by atoms with Crippen LogP contribution in [0.15, 0.2) is 48.5 Å². The highest BCUT2D eigenvalue weighted by Crippen LogP contribution is 2.19. The van der Waals surface area contributed by atoms with E-state index >= 15 is 0 Å². The minimum absolute atomic E-state index is 0.202. The average Bonchev–Trinajstić information content (AvgIpc) is 2.46. The molecule has 19 heavy (non-hydrogen) atoms. The number of halogens is 1. The third-order valence-electron chi connectivity index (χ3n) is 2.72. The van der Waals surface area contributed by atoms with Gasteiger partial charge < -0.3 is 10.1 Å². The van der Waals surface area contributed by atoms with Gasteiger partial charge in [0.2, 0.25) is 0 Å². The SMILES string of the molecule is COc1ccc(F)cc1CNC(=O)c1ccccc1. The molecule has 0 atom stereocenters. The Labute approximate surface area is 111 Å².